The minimum atomic E-state index is -0.942. The Labute approximate surface area is 189 Å². The molecule has 0 bridgehead atoms. The summed E-state index contributed by atoms with van der Waals surface area (Å²) in [6.45, 7) is 5.59. The fourth-order valence-corrected chi connectivity index (χ4v) is 2.88. The summed E-state index contributed by atoms with van der Waals surface area (Å²) in [7, 11) is 0. The molecule has 0 unspecified atom stereocenters. The first-order valence-corrected chi connectivity index (χ1v) is 11.2. The number of aromatic carboxylic acids is 1. The van der Waals surface area contributed by atoms with Crippen LogP contribution in [0.1, 0.15) is 55.5 Å². The molecule has 0 aliphatic carbocycles. The van der Waals surface area contributed by atoms with Crippen molar-refractivity contribution in [3.05, 3.63) is 56.5 Å². The lowest BCUT2D eigenvalue weighted by atomic mass is 10.2. The third-order valence-electron chi connectivity index (χ3n) is 3.87. The van der Waals surface area contributed by atoms with Crippen molar-refractivity contribution in [3.8, 4) is 11.5 Å². The third-order valence-corrected chi connectivity index (χ3v) is 5.18. The summed E-state index contributed by atoms with van der Waals surface area (Å²) in [6.07, 6.45) is 4.19. The number of carbonyl (C=O) groups is 1. The maximum Gasteiger partial charge on any atom is 0.335 e. The van der Waals surface area contributed by atoms with Crippen LogP contribution in [-0.4, -0.2) is 29.4 Å². The maximum absolute atomic E-state index is 10.7. The van der Waals surface area contributed by atoms with Crippen molar-refractivity contribution in [2.45, 2.75) is 46.1 Å². The van der Waals surface area contributed by atoms with Crippen LogP contribution in [0.3, 0.4) is 0 Å². The zero-order chi connectivity index (χ0) is 21.6. The molecule has 0 amide bonds. The Kier molecular flexibility index (Phi) is 12.7. The molecule has 0 aliphatic rings. The minimum absolute atomic E-state index is 0.0530. The molecule has 0 heterocycles. The Bertz CT molecular complexity index is 765. The van der Waals surface area contributed by atoms with Gasteiger partial charge >= 0.3 is 5.97 Å². The van der Waals surface area contributed by atoms with E-state index in [-0.39, 0.29) is 12.2 Å². The Morgan fingerprint density at radius 1 is 0.897 bits per heavy atom. The van der Waals surface area contributed by atoms with Crippen LogP contribution in [0.5, 0.6) is 11.5 Å². The van der Waals surface area contributed by atoms with Gasteiger partial charge in [0.2, 0.25) is 0 Å². The van der Waals surface area contributed by atoms with E-state index in [4.69, 9.17) is 19.7 Å². The lowest BCUT2D eigenvalue weighted by Gasteiger charge is -2.08. The molecule has 0 atom stereocenters. The molecule has 0 radical (unpaired) electrons. The summed E-state index contributed by atoms with van der Waals surface area (Å²) >= 11 is 6.72. The van der Waals surface area contributed by atoms with Crippen LogP contribution in [0.15, 0.2) is 45.3 Å². The molecular formula is C22H28Br2O5. The summed E-state index contributed by atoms with van der Waals surface area (Å²) < 4.78 is 12.7. The molecule has 2 aromatic rings. The van der Waals surface area contributed by atoms with Gasteiger partial charge < -0.3 is 19.7 Å². The van der Waals surface area contributed by atoms with Crippen molar-refractivity contribution < 1.29 is 24.5 Å². The predicted octanol–water partition coefficient (Wildman–Crippen LogP) is 6.45. The summed E-state index contributed by atoms with van der Waals surface area (Å²) in [5.74, 6) is 0.455. The van der Waals surface area contributed by atoms with Gasteiger partial charge in [-0.3, -0.25) is 0 Å². The highest BCUT2D eigenvalue weighted by Gasteiger charge is 2.07. The van der Waals surface area contributed by atoms with Gasteiger partial charge in [-0.25, -0.2) is 4.79 Å². The Morgan fingerprint density at radius 2 is 1.41 bits per heavy atom. The monoisotopic (exact) mass is 530 g/mol. The van der Waals surface area contributed by atoms with Gasteiger partial charge in [0.05, 0.1) is 34.3 Å². The van der Waals surface area contributed by atoms with E-state index in [1.165, 1.54) is 6.07 Å². The van der Waals surface area contributed by atoms with Crippen LogP contribution in [0.4, 0.5) is 0 Å². The second kappa shape index (κ2) is 14.4. The van der Waals surface area contributed by atoms with E-state index in [0.29, 0.717) is 12.4 Å². The Morgan fingerprint density at radius 3 is 1.90 bits per heavy atom. The molecule has 0 fully saturated rings. The van der Waals surface area contributed by atoms with Crippen LogP contribution in [-0.2, 0) is 6.61 Å². The third kappa shape index (κ3) is 9.65. The highest BCUT2D eigenvalue weighted by atomic mass is 79.9. The van der Waals surface area contributed by atoms with Gasteiger partial charge in [-0.1, -0.05) is 32.8 Å². The fraction of sp³-hybridized carbons (Fsp3) is 0.409. The Balaban J connectivity index is 0.000000291. The molecule has 0 saturated carbocycles. The van der Waals surface area contributed by atoms with Crippen molar-refractivity contribution in [3.63, 3.8) is 0 Å². The molecule has 7 heteroatoms. The largest absolute Gasteiger partial charge is 0.492 e. The SMILES string of the molecule is CCCCOc1cc(C(=O)O)ccc1Br.CCCCOc1cc(CO)ccc1Br. The number of rotatable bonds is 10. The fourth-order valence-electron chi connectivity index (χ4n) is 2.16. The maximum atomic E-state index is 10.7. The summed E-state index contributed by atoms with van der Waals surface area (Å²) in [4.78, 5) is 10.7. The van der Waals surface area contributed by atoms with E-state index in [1.54, 1.807) is 12.1 Å². The van der Waals surface area contributed by atoms with Crippen molar-refractivity contribution in [1.82, 2.24) is 0 Å². The molecule has 0 saturated heterocycles. The first-order valence-electron chi connectivity index (χ1n) is 9.60. The number of benzene rings is 2. The standard InChI is InChI=1S/C11H13BrO3.C11H15BrO2/c1-2-3-6-15-10-7-8(11(13)14)4-5-9(10)12;1-2-3-6-14-11-7-9(8-13)4-5-10(11)12/h4-5,7H,2-3,6H2,1H3,(H,13,14);4-5,7,13H,2-3,6,8H2,1H3. The van der Waals surface area contributed by atoms with Gasteiger partial charge in [0.15, 0.2) is 0 Å². The quantitative estimate of drug-likeness (QED) is 0.345. The number of carboxylic acid groups (broad SMARTS) is 1. The van der Waals surface area contributed by atoms with Crippen molar-refractivity contribution >= 4 is 37.8 Å². The minimum Gasteiger partial charge on any atom is -0.492 e. The van der Waals surface area contributed by atoms with E-state index >= 15 is 0 Å². The normalized spacial score (nSPS) is 10.1. The van der Waals surface area contributed by atoms with Crippen molar-refractivity contribution in [2.75, 3.05) is 13.2 Å². The number of hydrogen-bond donors (Lipinski definition) is 2. The van der Waals surface area contributed by atoms with Gasteiger partial charge in [0, 0.05) is 0 Å². The molecule has 2 N–H and O–H groups in total. The molecule has 5 nitrogen and oxygen atoms in total. The molecule has 0 spiro atoms. The average Bonchev–Trinajstić information content (AvgIpc) is 2.71. The summed E-state index contributed by atoms with van der Waals surface area (Å²) in [5, 5.41) is 17.8. The van der Waals surface area contributed by atoms with Gasteiger partial charge in [0.25, 0.3) is 0 Å². The van der Waals surface area contributed by atoms with Crippen LogP contribution in [0, 0.1) is 0 Å². The lowest BCUT2D eigenvalue weighted by molar-refractivity contribution is 0.0696. The van der Waals surface area contributed by atoms with Gasteiger partial charge in [0.1, 0.15) is 11.5 Å². The van der Waals surface area contributed by atoms with Crippen LogP contribution >= 0.6 is 31.9 Å². The van der Waals surface area contributed by atoms with E-state index in [1.807, 2.05) is 18.2 Å². The number of aliphatic hydroxyl groups excluding tert-OH is 1. The molecule has 29 heavy (non-hydrogen) atoms. The first-order chi connectivity index (χ1) is 13.9. The van der Waals surface area contributed by atoms with Gasteiger partial charge in [-0.05, 0) is 80.6 Å². The average molecular weight is 532 g/mol. The van der Waals surface area contributed by atoms with E-state index in [9.17, 15) is 4.79 Å². The number of unbranched alkanes of at least 4 members (excludes halogenated alkanes) is 2. The second-order valence-corrected chi connectivity index (χ2v) is 7.99. The molecule has 2 aromatic carbocycles. The zero-order valence-electron chi connectivity index (χ0n) is 16.8. The highest BCUT2D eigenvalue weighted by Crippen LogP contribution is 2.27. The van der Waals surface area contributed by atoms with Crippen LogP contribution < -0.4 is 9.47 Å². The van der Waals surface area contributed by atoms with Crippen LogP contribution in [0.2, 0.25) is 0 Å². The summed E-state index contributed by atoms with van der Waals surface area (Å²) in [5.41, 5.74) is 1.12. The number of ether oxygens (including phenoxy) is 2. The molecule has 160 valence electrons. The predicted molar refractivity (Wildman–Crippen MR) is 122 cm³/mol. The summed E-state index contributed by atoms with van der Waals surface area (Å²) in [6, 6.07) is 10.4. The number of carboxylic acids is 1. The second-order valence-electron chi connectivity index (χ2n) is 6.28. The van der Waals surface area contributed by atoms with E-state index in [2.05, 4.69) is 45.7 Å². The number of aliphatic hydroxyl groups is 1. The zero-order valence-corrected chi connectivity index (χ0v) is 20.0. The van der Waals surface area contributed by atoms with Crippen molar-refractivity contribution in [2.24, 2.45) is 0 Å². The van der Waals surface area contributed by atoms with Gasteiger partial charge in [-0.15, -0.1) is 0 Å². The molecular weight excluding hydrogens is 504 g/mol. The molecule has 0 aliphatic heterocycles. The van der Waals surface area contributed by atoms with Crippen molar-refractivity contribution in [1.29, 1.82) is 0 Å². The smallest absolute Gasteiger partial charge is 0.335 e. The van der Waals surface area contributed by atoms with E-state index < -0.39 is 5.97 Å². The molecule has 0 aromatic heterocycles. The number of halogens is 2. The number of hydrogen-bond acceptors (Lipinski definition) is 4. The topological polar surface area (TPSA) is 76.0 Å². The Hall–Kier alpha value is -1.57. The van der Waals surface area contributed by atoms with Crippen LogP contribution in [0.25, 0.3) is 0 Å². The lowest BCUT2D eigenvalue weighted by Crippen LogP contribution is -2.00. The van der Waals surface area contributed by atoms with Gasteiger partial charge in [-0.2, -0.15) is 0 Å². The molecule has 2 rings (SSSR count). The first kappa shape index (κ1) is 25.5. The highest BCUT2D eigenvalue weighted by molar-refractivity contribution is 9.10. The van der Waals surface area contributed by atoms with E-state index in [0.717, 1.165) is 52.5 Å².